The van der Waals surface area contributed by atoms with Crippen molar-refractivity contribution in [2.24, 2.45) is 5.92 Å². The standard InChI is InChI=1S/C15H18N2O2/c1-10-2-4-11(5-3-10)13-14(18)16-8-9-17(13)15(19)12-6-7-12/h2-5,12-13H,6-9H2,1H3,(H,16,18). The Morgan fingerprint density at radius 2 is 1.95 bits per heavy atom. The number of nitrogens with zero attached hydrogens (tertiary/aromatic N) is 1. The Morgan fingerprint density at radius 1 is 1.26 bits per heavy atom. The first-order chi connectivity index (χ1) is 9.16. The smallest absolute Gasteiger partial charge is 0.247 e. The molecule has 0 bridgehead atoms. The van der Waals surface area contributed by atoms with E-state index in [2.05, 4.69) is 5.32 Å². The van der Waals surface area contributed by atoms with Crippen LogP contribution in [-0.4, -0.2) is 29.8 Å². The molecule has 1 atom stereocenters. The van der Waals surface area contributed by atoms with Crippen molar-refractivity contribution >= 4 is 11.8 Å². The van der Waals surface area contributed by atoms with Crippen LogP contribution in [0.5, 0.6) is 0 Å². The van der Waals surface area contributed by atoms with Crippen molar-refractivity contribution in [3.63, 3.8) is 0 Å². The fourth-order valence-corrected chi connectivity index (χ4v) is 2.55. The summed E-state index contributed by atoms with van der Waals surface area (Å²) in [5, 5.41) is 2.86. The van der Waals surface area contributed by atoms with Crippen LogP contribution in [0.25, 0.3) is 0 Å². The minimum absolute atomic E-state index is 0.0656. The quantitative estimate of drug-likeness (QED) is 0.872. The number of nitrogens with one attached hydrogen (secondary N) is 1. The zero-order valence-electron chi connectivity index (χ0n) is 11.1. The van der Waals surface area contributed by atoms with E-state index < -0.39 is 6.04 Å². The summed E-state index contributed by atoms with van der Waals surface area (Å²) < 4.78 is 0. The van der Waals surface area contributed by atoms with Gasteiger partial charge >= 0.3 is 0 Å². The Hall–Kier alpha value is -1.84. The van der Waals surface area contributed by atoms with E-state index in [-0.39, 0.29) is 17.7 Å². The Kier molecular flexibility index (Phi) is 3.01. The average molecular weight is 258 g/mol. The van der Waals surface area contributed by atoms with Gasteiger partial charge in [-0.1, -0.05) is 29.8 Å². The monoisotopic (exact) mass is 258 g/mol. The molecule has 1 aromatic carbocycles. The van der Waals surface area contributed by atoms with Gasteiger partial charge in [0.1, 0.15) is 6.04 Å². The molecule has 0 aromatic heterocycles. The van der Waals surface area contributed by atoms with E-state index in [1.807, 2.05) is 31.2 Å². The summed E-state index contributed by atoms with van der Waals surface area (Å²) in [5.41, 5.74) is 2.05. The summed E-state index contributed by atoms with van der Waals surface area (Å²) in [6.45, 7) is 3.18. The lowest BCUT2D eigenvalue weighted by molar-refractivity contribution is -0.144. The van der Waals surface area contributed by atoms with Crippen LogP contribution in [-0.2, 0) is 9.59 Å². The number of amides is 2. The zero-order valence-corrected chi connectivity index (χ0v) is 11.1. The molecule has 2 aliphatic rings. The van der Waals surface area contributed by atoms with Crippen LogP contribution in [0.2, 0.25) is 0 Å². The first-order valence-electron chi connectivity index (χ1n) is 6.81. The minimum Gasteiger partial charge on any atom is -0.352 e. The number of rotatable bonds is 2. The van der Waals surface area contributed by atoms with Crippen LogP contribution in [0, 0.1) is 12.8 Å². The van der Waals surface area contributed by atoms with Crippen LogP contribution in [0.15, 0.2) is 24.3 Å². The molecule has 19 heavy (non-hydrogen) atoms. The van der Waals surface area contributed by atoms with Crippen LogP contribution < -0.4 is 5.32 Å². The Bertz CT molecular complexity index is 505. The number of benzene rings is 1. The molecular weight excluding hydrogens is 240 g/mol. The molecule has 1 unspecified atom stereocenters. The minimum atomic E-state index is -0.456. The van der Waals surface area contributed by atoms with Gasteiger partial charge in [-0.05, 0) is 25.3 Å². The van der Waals surface area contributed by atoms with Crippen LogP contribution in [0.4, 0.5) is 0 Å². The van der Waals surface area contributed by atoms with Gasteiger partial charge in [0, 0.05) is 19.0 Å². The third-order valence-corrected chi connectivity index (χ3v) is 3.81. The summed E-state index contributed by atoms with van der Waals surface area (Å²) in [7, 11) is 0. The molecule has 100 valence electrons. The summed E-state index contributed by atoms with van der Waals surface area (Å²) in [4.78, 5) is 26.2. The van der Waals surface area contributed by atoms with Crippen molar-refractivity contribution in [1.82, 2.24) is 10.2 Å². The molecule has 1 heterocycles. The number of hydrogen-bond donors (Lipinski definition) is 1. The van der Waals surface area contributed by atoms with Gasteiger partial charge in [0.15, 0.2) is 0 Å². The van der Waals surface area contributed by atoms with Gasteiger partial charge in [-0.25, -0.2) is 0 Å². The van der Waals surface area contributed by atoms with Crippen molar-refractivity contribution in [3.8, 4) is 0 Å². The second-order valence-corrected chi connectivity index (χ2v) is 5.41. The SMILES string of the molecule is Cc1ccc(C2C(=O)NCCN2C(=O)C2CC2)cc1. The van der Waals surface area contributed by atoms with Gasteiger partial charge in [0.25, 0.3) is 0 Å². The molecule has 1 aliphatic heterocycles. The number of piperazine rings is 1. The van der Waals surface area contributed by atoms with Crippen molar-refractivity contribution < 1.29 is 9.59 Å². The van der Waals surface area contributed by atoms with Crippen molar-refractivity contribution in [2.45, 2.75) is 25.8 Å². The van der Waals surface area contributed by atoms with Gasteiger partial charge in [-0.2, -0.15) is 0 Å². The molecule has 1 aromatic rings. The summed E-state index contributed by atoms with van der Waals surface area (Å²) >= 11 is 0. The highest BCUT2D eigenvalue weighted by Crippen LogP contribution is 2.34. The van der Waals surface area contributed by atoms with E-state index in [1.165, 1.54) is 0 Å². The second kappa shape index (κ2) is 4.68. The third kappa shape index (κ3) is 2.35. The molecule has 3 rings (SSSR count). The average Bonchev–Trinajstić information content (AvgIpc) is 3.23. The number of aryl methyl sites for hydroxylation is 1. The Balaban J connectivity index is 1.90. The van der Waals surface area contributed by atoms with Crippen LogP contribution in [0.3, 0.4) is 0 Å². The zero-order chi connectivity index (χ0) is 13.4. The molecule has 1 N–H and O–H groups in total. The van der Waals surface area contributed by atoms with E-state index in [1.54, 1.807) is 4.90 Å². The maximum absolute atomic E-state index is 12.3. The highest BCUT2D eigenvalue weighted by molar-refractivity contribution is 5.91. The van der Waals surface area contributed by atoms with Crippen LogP contribution in [0.1, 0.15) is 30.0 Å². The van der Waals surface area contributed by atoms with E-state index in [4.69, 9.17) is 0 Å². The normalized spacial score (nSPS) is 23.1. The molecule has 4 heteroatoms. The maximum atomic E-state index is 12.3. The fraction of sp³-hybridized carbons (Fsp3) is 0.467. The van der Waals surface area contributed by atoms with E-state index in [0.29, 0.717) is 13.1 Å². The molecule has 0 radical (unpaired) electrons. The molecule has 1 aliphatic carbocycles. The van der Waals surface area contributed by atoms with E-state index in [0.717, 1.165) is 24.0 Å². The Morgan fingerprint density at radius 3 is 2.58 bits per heavy atom. The lowest BCUT2D eigenvalue weighted by Gasteiger charge is -2.35. The molecule has 1 saturated heterocycles. The highest BCUT2D eigenvalue weighted by atomic mass is 16.2. The Labute approximate surface area is 112 Å². The van der Waals surface area contributed by atoms with Gasteiger partial charge in [0.2, 0.25) is 11.8 Å². The second-order valence-electron chi connectivity index (χ2n) is 5.41. The van der Waals surface area contributed by atoms with Crippen molar-refractivity contribution in [1.29, 1.82) is 0 Å². The first kappa shape index (κ1) is 12.2. The first-order valence-corrected chi connectivity index (χ1v) is 6.81. The molecular formula is C15H18N2O2. The maximum Gasteiger partial charge on any atom is 0.247 e. The molecule has 1 saturated carbocycles. The van der Waals surface area contributed by atoms with E-state index >= 15 is 0 Å². The van der Waals surface area contributed by atoms with Gasteiger partial charge in [-0.3, -0.25) is 9.59 Å². The van der Waals surface area contributed by atoms with Crippen LogP contribution >= 0.6 is 0 Å². The van der Waals surface area contributed by atoms with Gasteiger partial charge in [-0.15, -0.1) is 0 Å². The summed E-state index contributed by atoms with van der Waals surface area (Å²) in [6, 6.07) is 7.40. The van der Waals surface area contributed by atoms with Crippen molar-refractivity contribution in [3.05, 3.63) is 35.4 Å². The predicted octanol–water partition coefficient (Wildman–Crippen LogP) is 1.40. The highest BCUT2D eigenvalue weighted by Gasteiger charge is 2.40. The molecule has 0 spiro atoms. The predicted molar refractivity (Wildman–Crippen MR) is 71.4 cm³/mol. The number of carbonyl (C=O) groups excluding carboxylic acids is 2. The summed E-state index contributed by atoms with van der Waals surface area (Å²) in [6.07, 6.45) is 1.94. The van der Waals surface area contributed by atoms with Gasteiger partial charge < -0.3 is 10.2 Å². The number of hydrogen-bond acceptors (Lipinski definition) is 2. The van der Waals surface area contributed by atoms with Crippen molar-refractivity contribution in [2.75, 3.05) is 13.1 Å². The lowest BCUT2D eigenvalue weighted by atomic mass is 10.0. The molecule has 2 fully saturated rings. The lowest BCUT2D eigenvalue weighted by Crippen LogP contribution is -2.52. The van der Waals surface area contributed by atoms with Gasteiger partial charge in [0.05, 0.1) is 0 Å². The number of carbonyl (C=O) groups is 2. The summed E-state index contributed by atoms with van der Waals surface area (Å²) in [5.74, 6) is 0.225. The fourth-order valence-electron chi connectivity index (χ4n) is 2.55. The molecule has 4 nitrogen and oxygen atoms in total. The third-order valence-electron chi connectivity index (χ3n) is 3.81. The van der Waals surface area contributed by atoms with E-state index in [9.17, 15) is 9.59 Å². The molecule has 2 amide bonds. The largest absolute Gasteiger partial charge is 0.352 e. The topological polar surface area (TPSA) is 49.4 Å².